The summed E-state index contributed by atoms with van der Waals surface area (Å²) >= 11 is 0. The van der Waals surface area contributed by atoms with Gasteiger partial charge in [-0.05, 0) is 18.1 Å². The minimum absolute atomic E-state index is 0.0494. The zero-order valence-electron chi connectivity index (χ0n) is 11.5. The van der Waals surface area contributed by atoms with Crippen LogP contribution >= 0.6 is 0 Å². The maximum atomic E-state index is 12.1. The largest absolute Gasteiger partial charge is 0.358 e. The number of nitrogens with one attached hydrogen (secondary N) is 1. The van der Waals surface area contributed by atoms with Crippen LogP contribution in [0, 0.1) is 0 Å². The molecule has 0 fully saturated rings. The molecule has 1 aromatic rings. The van der Waals surface area contributed by atoms with Crippen LogP contribution in [0.1, 0.15) is 18.1 Å². The van der Waals surface area contributed by atoms with Gasteiger partial charge in [0.25, 0.3) is 0 Å². The quantitative estimate of drug-likeness (QED) is 0.774. The molecule has 0 saturated carbocycles. The van der Waals surface area contributed by atoms with Crippen molar-refractivity contribution in [3.63, 3.8) is 0 Å². The zero-order valence-corrected chi connectivity index (χ0v) is 11.5. The Balaban J connectivity index is 2.62. The van der Waals surface area contributed by atoms with E-state index in [1.54, 1.807) is 7.05 Å². The number of hydrogen-bond donors (Lipinski definition) is 2. The molecule has 3 N–H and O–H groups in total. The second kappa shape index (κ2) is 7.53. The molecule has 0 unspecified atom stereocenters. The van der Waals surface area contributed by atoms with Crippen molar-refractivity contribution in [3.05, 3.63) is 35.4 Å². The van der Waals surface area contributed by atoms with E-state index in [0.29, 0.717) is 19.5 Å². The smallest absolute Gasteiger partial charge is 0.239 e. The van der Waals surface area contributed by atoms with Gasteiger partial charge in [0.05, 0.1) is 13.0 Å². The summed E-state index contributed by atoms with van der Waals surface area (Å²) in [5, 5.41) is 2.52. The van der Waals surface area contributed by atoms with Gasteiger partial charge in [-0.15, -0.1) is 0 Å². The first kappa shape index (κ1) is 15.2. The Hall–Kier alpha value is -1.88. The molecular weight excluding hydrogens is 242 g/mol. The van der Waals surface area contributed by atoms with Gasteiger partial charge in [-0.3, -0.25) is 9.59 Å². The van der Waals surface area contributed by atoms with Gasteiger partial charge in [0.2, 0.25) is 11.8 Å². The van der Waals surface area contributed by atoms with Crippen LogP contribution in [0.5, 0.6) is 0 Å². The van der Waals surface area contributed by atoms with Gasteiger partial charge in [-0.25, -0.2) is 0 Å². The lowest BCUT2D eigenvalue weighted by molar-refractivity contribution is -0.135. The third-order valence-electron chi connectivity index (χ3n) is 2.96. The van der Waals surface area contributed by atoms with Crippen LogP contribution in [0.25, 0.3) is 0 Å². The van der Waals surface area contributed by atoms with Crippen molar-refractivity contribution in [2.75, 3.05) is 20.1 Å². The number of likely N-dealkylation sites (N-methyl/N-ethyl adjacent to an activating group) is 2. The molecule has 0 saturated heterocycles. The van der Waals surface area contributed by atoms with Crippen LogP contribution in [-0.4, -0.2) is 36.9 Å². The minimum Gasteiger partial charge on any atom is -0.358 e. The normalized spacial score (nSPS) is 10.1. The predicted molar refractivity (Wildman–Crippen MR) is 74.4 cm³/mol. The number of rotatable bonds is 6. The Morgan fingerprint density at radius 1 is 1.21 bits per heavy atom. The highest BCUT2D eigenvalue weighted by Crippen LogP contribution is 2.06. The fraction of sp³-hybridized carbons (Fsp3) is 0.429. The minimum atomic E-state index is -0.159. The Labute approximate surface area is 113 Å². The molecule has 1 aromatic carbocycles. The predicted octanol–water partition coefficient (Wildman–Crippen LogP) is 0.282. The molecule has 1 rings (SSSR count). The number of amides is 2. The molecule has 0 aromatic heterocycles. The zero-order chi connectivity index (χ0) is 14.3. The maximum Gasteiger partial charge on any atom is 0.239 e. The second-order valence-electron chi connectivity index (χ2n) is 4.28. The average Bonchev–Trinajstić information content (AvgIpc) is 2.45. The number of nitrogens with two attached hydrogens (primary N) is 1. The van der Waals surface area contributed by atoms with Crippen LogP contribution in [-0.2, 0) is 22.6 Å². The monoisotopic (exact) mass is 263 g/mol. The highest BCUT2D eigenvalue weighted by Gasteiger charge is 2.14. The molecule has 0 atom stereocenters. The summed E-state index contributed by atoms with van der Waals surface area (Å²) in [5.41, 5.74) is 7.49. The Kier molecular flexibility index (Phi) is 6.02. The van der Waals surface area contributed by atoms with Gasteiger partial charge < -0.3 is 16.0 Å². The van der Waals surface area contributed by atoms with Crippen molar-refractivity contribution in [1.29, 1.82) is 0 Å². The van der Waals surface area contributed by atoms with Gasteiger partial charge in [0.15, 0.2) is 0 Å². The topological polar surface area (TPSA) is 75.4 Å². The molecule has 0 bridgehead atoms. The van der Waals surface area contributed by atoms with Crippen molar-refractivity contribution >= 4 is 11.8 Å². The van der Waals surface area contributed by atoms with E-state index in [0.717, 1.165) is 11.1 Å². The average molecular weight is 263 g/mol. The number of benzene rings is 1. The fourth-order valence-corrected chi connectivity index (χ4v) is 1.71. The number of carbonyl (C=O) groups is 2. The van der Waals surface area contributed by atoms with Crippen LogP contribution in [0.3, 0.4) is 0 Å². The number of carbonyl (C=O) groups excluding carboxylic acids is 2. The molecule has 0 aliphatic rings. The Bertz CT molecular complexity index is 429. The first-order valence-electron chi connectivity index (χ1n) is 6.37. The molecule has 104 valence electrons. The van der Waals surface area contributed by atoms with Crippen LogP contribution in [0.15, 0.2) is 24.3 Å². The maximum absolute atomic E-state index is 12.1. The summed E-state index contributed by atoms with van der Waals surface area (Å²) in [6.45, 7) is 2.98. The van der Waals surface area contributed by atoms with Gasteiger partial charge in [0, 0.05) is 20.1 Å². The molecule has 0 spiro atoms. The van der Waals surface area contributed by atoms with E-state index >= 15 is 0 Å². The van der Waals surface area contributed by atoms with Crippen LogP contribution < -0.4 is 11.1 Å². The van der Waals surface area contributed by atoms with Crippen molar-refractivity contribution in [1.82, 2.24) is 10.2 Å². The number of nitrogens with zero attached hydrogens (tertiary/aromatic N) is 1. The van der Waals surface area contributed by atoms with E-state index in [2.05, 4.69) is 5.32 Å². The molecular formula is C14H21N3O2. The van der Waals surface area contributed by atoms with Crippen molar-refractivity contribution in [2.24, 2.45) is 5.73 Å². The molecule has 0 aliphatic carbocycles. The molecule has 5 nitrogen and oxygen atoms in total. The van der Waals surface area contributed by atoms with E-state index in [9.17, 15) is 9.59 Å². The summed E-state index contributed by atoms with van der Waals surface area (Å²) in [7, 11) is 1.56. The highest BCUT2D eigenvalue weighted by molar-refractivity contribution is 5.85. The van der Waals surface area contributed by atoms with Gasteiger partial charge in [-0.1, -0.05) is 24.3 Å². The van der Waals surface area contributed by atoms with E-state index in [1.807, 2.05) is 31.2 Å². The Morgan fingerprint density at radius 3 is 2.26 bits per heavy atom. The summed E-state index contributed by atoms with van der Waals surface area (Å²) in [6.07, 6.45) is 0.301. The van der Waals surface area contributed by atoms with Crippen molar-refractivity contribution in [3.8, 4) is 0 Å². The lowest BCUT2D eigenvalue weighted by Gasteiger charge is -2.19. The lowest BCUT2D eigenvalue weighted by Crippen LogP contribution is -2.40. The van der Waals surface area contributed by atoms with Gasteiger partial charge in [0.1, 0.15) is 0 Å². The van der Waals surface area contributed by atoms with Crippen molar-refractivity contribution < 1.29 is 9.59 Å². The second-order valence-corrected chi connectivity index (χ2v) is 4.28. The SMILES string of the molecule is CCN(CC(=O)NC)C(=O)Cc1ccc(CN)cc1. The van der Waals surface area contributed by atoms with Crippen molar-refractivity contribution in [2.45, 2.75) is 19.9 Å². The van der Waals surface area contributed by atoms with E-state index in [4.69, 9.17) is 5.73 Å². The van der Waals surface area contributed by atoms with Crippen LogP contribution in [0.2, 0.25) is 0 Å². The standard InChI is InChI=1S/C14H21N3O2/c1-3-17(10-13(18)16-2)14(19)8-11-4-6-12(9-15)7-5-11/h4-7H,3,8-10,15H2,1-2H3,(H,16,18). The molecule has 2 amide bonds. The summed E-state index contributed by atoms with van der Waals surface area (Å²) in [6, 6.07) is 7.62. The first-order chi connectivity index (χ1) is 9.10. The first-order valence-corrected chi connectivity index (χ1v) is 6.37. The highest BCUT2D eigenvalue weighted by atomic mass is 16.2. The van der Waals surface area contributed by atoms with Gasteiger partial charge in [-0.2, -0.15) is 0 Å². The molecule has 0 aliphatic heterocycles. The molecule has 0 heterocycles. The van der Waals surface area contributed by atoms with Crippen LogP contribution in [0.4, 0.5) is 0 Å². The number of hydrogen-bond acceptors (Lipinski definition) is 3. The third kappa shape index (κ3) is 4.71. The summed E-state index contributed by atoms with van der Waals surface area (Å²) in [4.78, 5) is 24.9. The van der Waals surface area contributed by atoms with E-state index in [-0.39, 0.29) is 18.4 Å². The molecule has 0 radical (unpaired) electrons. The fourth-order valence-electron chi connectivity index (χ4n) is 1.71. The Morgan fingerprint density at radius 2 is 1.79 bits per heavy atom. The molecule has 19 heavy (non-hydrogen) atoms. The third-order valence-corrected chi connectivity index (χ3v) is 2.96. The summed E-state index contributed by atoms with van der Waals surface area (Å²) < 4.78 is 0. The summed E-state index contributed by atoms with van der Waals surface area (Å²) in [5.74, 6) is -0.208. The van der Waals surface area contributed by atoms with Gasteiger partial charge >= 0.3 is 0 Å². The lowest BCUT2D eigenvalue weighted by atomic mass is 10.1. The van der Waals surface area contributed by atoms with E-state index in [1.165, 1.54) is 4.90 Å². The molecule has 5 heteroatoms. The van der Waals surface area contributed by atoms with E-state index < -0.39 is 0 Å².